The molecular formula is C21H34N2O. The summed E-state index contributed by atoms with van der Waals surface area (Å²) in [5, 5.41) is 4.53. The van der Waals surface area contributed by atoms with Crippen molar-refractivity contribution in [1.29, 1.82) is 0 Å². The Bertz CT molecular complexity index is 556. The topological polar surface area (TPSA) is 41.5 Å². The molecule has 4 fully saturated rings. The SMILES string of the molecule is CC(=O)NN=C1CCC2C3CCC4CCCCC4(C)C3CCC12C. The van der Waals surface area contributed by atoms with E-state index < -0.39 is 0 Å². The summed E-state index contributed by atoms with van der Waals surface area (Å²) >= 11 is 0. The van der Waals surface area contributed by atoms with Gasteiger partial charge in [-0.2, -0.15) is 5.10 Å². The lowest BCUT2D eigenvalue weighted by Crippen LogP contribution is -2.52. The minimum absolute atomic E-state index is 0.0431. The first kappa shape index (κ1) is 16.6. The van der Waals surface area contributed by atoms with Crippen LogP contribution in [0.15, 0.2) is 5.10 Å². The van der Waals surface area contributed by atoms with Gasteiger partial charge >= 0.3 is 0 Å². The monoisotopic (exact) mass is 330 g/mol. The van der Waals surface area contributed by atoms with Crippen LogP contribution in [0.3, 0.4) is 0 Å². The number of rotatable bonds is 1. The van der Waals surface area contributed by atoms with Crippen LogP contribution in [0.5, 0.6) is 0 Å². The molecule has 0 radical (unpaired) electrons. The van der Waals surface area contributed by atoms with Crippen LogP contribution < -0.4 is 5.43 Å². The Hall–Kier alpha value is -0.860. The number of nitrogens with zero attached hydrogens (tertiary/aromatic N) is 1. The van der Waals surface area contributed by atoms with E-state index in [1.54, 1.807) is 6.92 Å². The van der Waals surface area contributed by atoms with Crippen LogP contribution in [0, 0.1) is 34.5 Å². The second kappa shape index (κ2) is 5.85. The maximum Gasteiger partial charge on any atom is 0.236 e. The number of hydrogen-bond donors (Lipinski definition) is 1. The number of nitrogens with one attached hydrogen (secondary N) is 1. The number of hydrogen-bond acceptors (Lipinski definition) is 2. The highest BCUT2D eigenvalue weighted by Crippen LogP contribution is 2.65. The smallest absolute Gasteiger partial charge is 0.236 e. The molecule has 4 saturated carbocycles. The highest BCUT2D eigenvalue weighted by atomic mass is 16.2. The van der Waals surface area contributed by atoms with Crippen molar-refractivity contribution in [3.63, 3.8) is 0 Å². The van der Waals surface area contributed by atoms with Crippen LogP contribution >= 0.6 is 0 Å². The number of hydrazone groups is 1. The van der Waals surface area contributed by atoms with Gasteiger partial charge in [0.05, 0.1) is 0 Å². The molecule has 0 aromatic rings. The summed E-state index contributed by atoms with van der Waals surface area (Å²) < 4.78 is 0. The van der Waals surface area contributed by atoms with Crippen LogP contribution in [0.1, 0.15) is 85.0 Å². The molecule has 24 heavy (non-hydrogen) atoms. The van der Waals surface area contributed by atoms with E-state index >= 15 is 0 Å². The lowest BCUT2D eigenvalue weighted by molar-refractivity contribution is -0.118. The third kappa shape index (κ3) is 2.37. The van der Waals surface area contributed by atoms with Gasteiger partial charge < -0.3 is 0 Å². The molecule has 0 aromatic heterocycles. The fraction of sp³-hybridized carbons (Fsp3) is 0.905. The van der Waals surface area contributed by atoms with Gasteiger partial charge in [-0.25, -0.2) is 5.43 Å². The van der Waals surface area contributed by atoms with E-state index in [-0.39, 0.29) is 11.3 Å². The zero-order valence-corrected chi connectivity index (χ0v) is 15.7. The van der Waals surface area contributed by atoms with Crippen molar-refractivity contribution >= 4 is 11.6 Å². The largest absolute Gasteiger partial charge is 0.274 e. The van der Waals surface area contributed by atoms with Crippen molar-refractivity contribution in [3.05, 3.63) is 0 Å². The second-order valence-corrected chi connectivity index (χ2v) is 9.62. The molecule has 3 heteroatoms. The van der Waals surface area contributed by atoms with Crippen LogP contribution in [0.2, 0.25) is 0 Å². The highest BCUT2D eigenvalue weighted by molar-refractivity contribution is 5.93. The van der Waals surface area contributed by atoms with Crippen LogP contribution in [0.4, 0.5) is 0 Å². The molecule has 1 amide bonds. The molecule has 0 spiro atoms. The Kier molecular flexibility index (Phi) is 4.04. The van der Waals surface area contributed by atoms with Crippen molar-refractivity contribution in [2.45, 2.75) is 85.0 Å². The van der Waals surface area contributed by atoms with E-state index in [1.165, 1.54) is 63.5 Å². The summed E-state index contributed by atoms with van der Waals surface area (Å²) in [6.07, 6.45) is 13.8. The van der Waals surface area contributed by atoms with Gasteiger partial charge in [-0.05, 0) is 80.5 Å². The van der Waals surface area contributed by atoms with E-state index in [0.29, 0.717) is 5.41 Å². The minimum atomic E-state index is -0.0431. The van der Waals surface area contributed by atoms with Crippen LogP contribution in [0.25, 0.3) is 0 Å². The fourth-order valence-corrected chi connectivity index (χ4v) is 7.41. The van der Waals surface area contributed by atoms with E-state index in [1.807, 2.05) is 0 Å². The zero-order valence-electron chi connectivity index (χ0n) is 15.7. The van der Waals surface area contributed by atoms with E-state index in [4.69, 9.17) is 0 Å². The number of carbonyl (C=O) groups excluding carboxylic acids is 1. The predicted molar refractivity (Wildman–Crippen MR) is 97.6 cm³/mol. The average molecular weight is 331 g/mol. The van der Waals surface area contributed by atoms with E-state index in [9.17, 15) is 4.79 Å². The van der Waals surface area contributed by atoms with Gasteiger partial charge in [-0.1, -0.05) is 26.7 Å². The molecule has 0 saturated heterocycles. The van der Waals surface area contributed by atoms with Gasteiger partial charge in [0.15, 0.2) is 0 Å². The summed E-state index contributed by atoms with van der Waals surface area (Å²) in [6.45, 7) is 6.63. The lowest BCUT2D eigenvalue weighted by atomic mass is 9.45. The van der Waals surface area contributed by atoms with Crippen LogP contribution in [-0.4, -0.2) is 11.6 Å². The quantitative estimate of drug-likeness (QED) is 0.682. The minimum Gasteiger partial charge on any atom is -0.274 e. The zero-order chi connectivity index (χ0) is 16.9. The molecule has 4 aliphatic carbocycles. The summed E-state index contributed by atoms with van der Waals surface area (Å²) in [5.74, 6) is 3.58. The summed E-state index contributed by atoms with van der Waals surface area (Å²) in [6, 6.07) is 0. The molecular weight excluding hydrogens is 296 g/mol. The van der Waals surface area contributed by atoms with E-state index in [0.717, 1.165) is 30.1 Å². The van der Waals surface area contributed by atoms with Gasteiger partial charge in [-0.3, -0.25) is 4.79 Å². The maximum absolute atomic E-state index is 11.3. The van der Waals surface area contributed by atoms with Gasteiger partial charge in [0.1, 0.15) is 0 Å². The molecule has 1 N–H and O–H groups in total. The first-order valence-electron chi connectivity index (χ1n) is 10.3. The third-order valence-corrected chi connectivity index (χ3v) is 8.67. The molecule has 0 aliphatic heterocycles. The predicted octanol–water partition coefficient (Wildman–Crippen LogP) is 4.91. The Morgan fingerprint density at radius 1 is 1.04 bits per heavy atom. The molecule has 4 aliphatic rings. The Balaban J connectivity index is 1.59. The Morgan fingerprint density at radius 2 is 1.88 bits per heavy atom. The molecule has 6 unspecified atom stereocenters. The standard InChI is InChI=1S/C21H34N2O/c1-14(24)22-23-19-10-9-17-16-8-7-15-6-4-5-12-20(15,2)18(16)11-13-21(17,19)3/h15-18H,4-13H2,1-3H3,(H,22,24). The van der Waals surface area contributed by atoms with Crippen molar-refractivity contribution in [3.8, 4) is 0 Å². The summed E-state index contributed by atoms with van der Waals surface area (Å²) in [7, 11) is 0. The second-order valence-electron chi connectivity index (χ2n) is 9.62. The van der Waals surface area contributed by atoms with Gasteiger partial charge in [-0.15, -0.1) is 0 Å². The molecule has 4 rings (SSSR count). The van der Waals surface area contributed by atoms with Crippen LogP contribution in [-0.2, 0) is 4.79 Å². The molecule has 6 atom stereocenters. The van der Waals surface area contributed by atoms with Crippen molar-refractivity contribution in [2.24, 2.45) is 39.6 Å². The number of fused-ring (bicyclic) bond motifs is 5. The molecule has 0 bridgehead atoms. The lowest BCUT2D eigenvalue weighted by Gasteiger charge is -2.59. The Morgan fingerprint density at radius 3 is 2.67 bits per heavy atom. The van der Waals surface area contributed by atoms with Crippen molar-refractivity contribution < 1.29 is 4.79 Å². The third-order valence-electron chi connectivity index (χ3n) is 8.67. The van der Waals surface area contributed by atoms with Crippen molar-refractivity contribution in [1.82, 2.24) is 5.43 Å². The number of amides is 1. The van der Waals surface area contributed by atoms with Crippen molar-refractivity contribution in [2.75, 3.05) is 0 Å². The maximum atomic E-state index is 11.3. The normalized spacial score (nSPS) is 49.2. The molecule has 0 heterocycles. The molecule has 134 valence electrons. The average Bonchev–Trinajstić information content (AvgIpc) is 2.89. The summed E-state index contributed by atoms with van der Waals surface area (Å²) in [4.78, 5) is 11.3. The summed E-state index contributed by atoms with van der Waals surface area (Å²) in [5.41, 5.74) is 4.84. The number of carbonyl (C=O) groups is 1. The van der Waals surface area contributed by atoms with Gasteiger partial charge in [0.2, 0.25) is 5.91 Å². The molecule has 3 nitrogen and oxygen atoms in total. The van der Waals surface area contributed by atoms with E-state index in [2.05, 4.69) is 24.4 Å². The Labute approximate surface area is 147 Å². The van der Waals surface area contributed by atoms with Gasteiger partial charge in [0, 0.05) is 18.1 Å². The molecule has 0 aromatic carbocycles. The fourth-order valence-electron chi connectivity index (χ4n) is 7.41. The van der Waals surface area contributed by atoms with Gasteiger partial charge in [0.25, 0.3) is 0 Å². The highest BCUT2D eigenvalue weighted by Gasteiger charge is 2.58. The first-order chi connectivity index (χ1) is 11.4. The first-order valence-corrected chi connectivity index (χ1v) is 10.3.